The van der Waals surface area contributed by atoms with Crippen LogP contribution in [0.25, 0.3) is 10.2 Å². The summed E-state index contributed by atoms with van der Waals surface area (Å²) >= 11 is 1.36. The fourth-order valence-corrected chi connectivity index (χ4v) is 3.97. The number of benzene rings is 2. The van der Waals surface area contributed by atoms with Crippen molar-refractivity contribution in [1.29, 1.82) is 0 Å². The smallest absolute Gasteiger partial charge is 0.307 e. The number of hydrogen-bond donors (Lipinski definition) is 0. The maximum absolute atomic E-state index is 12.8. The molecule has 2 aromatic carbocycles. The highest BCUT2D eigenvalue weighted by molar-refractivity contribution is 7.16. The number of aryl methyl sites for hydroxylation is 1. The molecule has 0 bridgehead atoms. The topological polar surface area (TPSA) is 79.1 Å². The molecule has 8 heteroatoms. The third kappa shape index (κ3) is 4.65. The summed E-state index contributed by atoms with van der Waals surface area (Å²) in [4.78, 5) is 29.5. The van der Waals surface area contributed by atoms with E-state index < -0.39 is 5.91 Å². The number of methoxy groups -OCH3 is 2. The molecule has 0 aliphatic rings. The van der Waals surface area contributed by atoms with E-state index in [1.807, 2.05) is 22.8 Å². The Hall–Kier alpha value is -3.13. The minimum atomic E-state index is -0.411. The van der Waals surface area contributed by atoms with Gasteiger partial charge in [-0.2, -0.15) is 4.99 Å². The Morgan fingerprint density at radius 2 is 1.90 bits per heavy atom. The third-order valence-electron chi connectivity index (χ3n) is 4.27. The number of esters is 1. The molecule has 0 unspecified atom stereocenters. The zero-order chi connectivity index (χ0) is 20.8. The van der Waals surface area contributed by atoms with Crippen LogP contribution in [-0.4, -0.2) is 37.3 Å². The molecule has 0 saturated heterocycles. The van der Waals surface area contributed by atoms with Gasteiger partial charge in [-0.3, -0.25) is 9.59 Å². The van der Waals surface area contributed by atoms with Gasteiger partial charge in [0.05, 0.1) is 43.0 Å². The highest BCUT2D eigenvalue weighted by atomic mass is 32.1. The van der Waals surface area contributed by atoms with Crippen LogP contribution in [0, 0.1) is 0 Å². The van der Waals surface area contributed by atoms with Crippen molar-refractivity contribution in [2.75, 3.05) is 20.8 Å². The van der Waals surface area contributed by atoms with Crippen LogP contribution < -0.4 is 14.3 Å². The number of carbonyl (C=O) groups excluding carboxylic acids is 2. The maximum Gasteiger partial charge on any atom is 0.307 e. The molecule has 0 atom stereocenters. The van der Waals surface area contributed by atoms with E-state index in [-0.39, 0.29) is 12.4 Å². The van der Waals surface area contributed by atoms with Gasteiger partial charge in [0.2, 0.25) is 0 Å². The van der Waals surface area contributed by atoms with E-state index in [0.717, 1.165) is 10.2 Å². The number of amides is 1. The van der Waals surface area contributed by atoms with Crippen molar-refractivity contribution >= 4 is 33.4 Å². The van der Waals surface area contributed by atoms with E-state index in [1.54, 1.807) is 38.3 Å². The summed E-state index contributed by atoms with van der Waals surface area (Å²) < 4.78 is 18.3. The molecule has 0 N–H and O–H groups in total. The third-order valence-corrected chi connectivity index (χ3v) is 5.31. The fourth-order valence-electron chi connectivity index (χ4n) is 2.89. The van der Waals surface area contributed by atoms with Crippen molar-refractivity contribution in [2.45, 2.75) is 19.9 Å². The van der Waals surface area contributed by atoms with Gasteiger partial charge in [-0.1, -0.05) is 23.5 Å². The lowest BCUT2D eigenvalue weighted by molar-refractivity contribution is -0.143. The van der Waals surface area contributed by atoms with Crippen LogP contribution in [0.1, 0.15) is 23.7 Å². The Bertz CT molecular complexity index is 1100. The van der Waals surface area contributed by atoms with Crippen molar-refractivity contribution in [2.24, 2.45) is 4.99 Å². The van der Waals surface area contributed by atoms with E-state index in [9.17, 15) is 9.59 Å². The molecule has 0 saturated carbocycles. The summed E-state index contributed by atoms with van der Waals surface area (Å²) in [6, 6.07) is 12.5. The molecule has 29 heavy (non-hydrogen) atoms. The summed E-state index contributed by atoms with van der Waals surface area (Å²) in [5, 5.41) is 0. The van der Waals surface area contributed by atoms with Gasteiger partial charge in [0.15, 0.2) is 4.80 Å². The van der Waals surface area contributed by atoms with Crippen molar-refractivity contribution in [1.82, 2.24) is 4.57 Å². The van der Waals surface area contributed by atoms with E-state index >= 15 is 0 Å². The molecule has 3 aromatic rings. The summed E-state index contributed by atoms with van der Waals surface area (Å²) in [5.41, 5.74) is 1.24. The van der Waals surface area contributed by atoms with Crippen molar-refractivity contribution in [3.63, 3.8) is 0 Å². The minimum absolute atomic E-state index is 0.182. The standard InChI is InChI=1S/C21H22N2O5S/c1-4-28-19(24)11-12-23-16-10-9-14(26-2)13-18(16)29-21(23)22-20(25)15-7-5-6-8-17(15)27-3/h5-10,13H,4,11-12H2,1-3H3. The van der Waals surface area contributed by atoms with Crippen molar-refractivity contribution in [3.05, 3.63) is 52.8 Å². The first kappa shape index (κ1) is 20.6. The number of ether oxygens (including phenoxy) is 3. The lowest BCUT2D eigenvalue weighted by atomic mass is 10.2. The largest absolute Gasteiger partial charge is 0.497 e. The van der Waals surface area contributed by atoms with Gasteiger partial charge in [0, 0.05) is 6.54 Å². The van der Waals surface area contributed by atoms with Crippen molar-refractivity contribution in [3.8, 4) is 11.5 Å². The molecule has 0 fully saturated rings. The summed E-state index contributed by atoms with van der Waals surface area (Å²) in [5.74, 6) is 0.460. The first-order chi connectivity index (χ1) is 14.1. The van der Waals surface area contributed by atoms with Gasteiger partial charge in [0.1, 0.15) is 11.5 Å². The molecule has 7 nitrogen and oxygen atoms in total. The fraction of sp³-hybridized carbons (Fsp3) is 0.286. The number of nitrogens with zero attached hydrogens (tertiary/aromatic N) is 2. The van der Waals surface area contributed by atoms with E-state index in [0.29, 0.717) is 35.0 Å². The van der Waals surface area contributed by atoms with Crippen LogP contribution in [0.15, 0.2) is 47.5 Å². The highest BCUT2D eigenvalue weighted by Gasteiger charge is 2.14. The molecular formula is C21H22N2O5S. The van der Waals surface area contributed by atoms with Gasteiger partial charge in [-0.25, -0.2) is 0 Å². The number of carbonyl (C=O) groups is 2. The molecule has 3 rings (SSSR count). The Morgan fingerprint density at radius 3 is 2.62 bits per heavy atom. The second-order valence-electron chi connectivity index (χ2n) is 6.04. The summed E-state index contributed by atoms with van der Waals surface area (Å²) in [7, 11) is 3.11. The Morgan fingerprint density at radius 1 is 1.10 bits per heavy atom. The molecule has 0 spiro atoms. The van der Waals surface area contributed by atoms with Crippen LogP contribution in [0.2, 0.25) is 0 Å². The van der Waals surface area contributed by atoms with Gasteiger partial charge < -0.3 is 18.8 Å². The molecule has 1 heterocycles. The second-order valence-corrected chi connectivity index (χ2v) is 7.05. The highest BCUT2D eigenvalue weighted by Crippen LogP contribution is 2.24. The first-order valence-corrected chi connectivity index (χ1v) is 9.94. The van der Waals surface area contributed by atoms with E-state index in [4.69, 9.17) is 14.2 Å². The minimum Gasteiger partial charge on any atom is -0.497 e. The van der Waals surface area contributed by atoms with Gasteiger partial charge in [-0.15, -0.1) is 0 Å². The number of aromatic nitrogens is 1. The average Bonchev–Trinajstić information content (AvgIpc) is 3.08. The molecule has 1 aromatic heterocycles. The monoisotopic (exact) mass is 414 g/mol. The zero-order valence-electron chi connectivity index (χ0n) is 16.5. The Labute approximate surface area is 172 Å². The number of fused-ring (bicyclic) bond motifs is 1. The predicted octanol–water partition coefficient (Wildman–Crippen LogP) is 3.41. The van der Waals surface area contributed by atoms with E-state index in [2.05, 4.69) is 4.99 Å². The van der Waals surface area contributed by atoms with E-state index in [1.165, 1.54) is 18.4 Å². The van der Waals surface area contributed by atoms with Crippen LogP contribution in [-0.2, 0) is 16.1 Å². The number of thiazole rings is 1. The lowest BCUT2D eigenvalue weighted by Crippen LogP contribution is -2.19. The summed E-state index contributed by atoms with van der Waals surface area (Å²) in [6.07, 6.45) is 0.182. The first-order valence-electron chi connectivity index (χ1n) is 9.12. The Balaban J connectivity index is 2.06. The molecular weight excluding hydrogens is 392 g/mol. The summed E-state index contributed by atoms with van der Waals surface area (Å²) in [6.45, 7) is 2.45. The number of para-hydroxylation sites is 1. The van der Waals surface area contributed by atoms with Gasteiger partial charge in [-0.05, 0) is 37.3 Å². The van der Waals surface area contributed by atoms with Crippen LogP contribution >= 0.6 is 11.3 Å². The molecule has 0 aliphatic carbocycles. The number of rotatable bonds is 7. The lowest BCUT2D eigenvalue weighted by Gasteiger charge is -2.06. The van der Waals surface area contributed by atoms with Crippen molar-refractivity contribution < 1.29 is 23.8 Å². The normalized spacial score (nSPS) is 11.5. The molecule has 1 amide bonds. The van der Waals surface area contributed by atoms with Gasteiger partial charge >= 0.3 is 5.97 Å². The van der Waals surface area contributed by atoms with Crippen LogP contribution in [0.5, 0.6) is 11.5 Å². The second kappa shape index (κ2) is 9.38. The SMILES string of the molecule is CCOC(=O)CCn1c(=NC(=O)c2ccccc2OC)sc2cc(OC)ccc21. The van der Waals surface area contributed by atoms with Gasteiger partial charge in [0.25, 0.3) is 5.91 Å². The number of hydrogen-bond acceptors (Lipinski definition) is 6. The van der Waals surface area contributed by atoms with Crippen LogP contribution in [0.4, 0.5) is 0 Å². The predicted molar refractivity (Wildman–Crippen MR) is 111 cm³/mol. The Kier molecular flexibility index (Phi) is 6.66. The molecule has 0 aliphatic heterocycles. The quantitative estimate of drug-likeness (QED) is 0.554. The maximum atomic E-state index is 12.8. The average molecular weight is 414 g/mol. The zero-order valence-corrected chi connectivity index (χ0v) is 17.3. The molecule has 152 valence electrons. The molecule has 0 radical (unpaired) electrons. The van der Waals surface area contributed by atoms with Crippen LogP contribution in [0.3, 0.4) is 0 Å².